The molecule has 12 heteroatoms. The number of pyridine rings is 1. The van der Waals surface area contributed by atoms with Crippen LogP contribution >= 0.6 is 0 Å². The number of piperazine rings is 1. The summed E-state index contributed by atoms with van der Waals surface area (Å²) in [5, 5.41) is 22.8. The normalized spacial score (nSPS) is 19.1. The number of anilines is 2. The Bertz CT molecular complexity index is 1470. The molecule has 6 heterocycles. The van der Waals surface area contributed by atoms with Gasteiger partial charge in [-0.05, 0) is 19.0 Å². The summed E-state index contributed by atoms with van der Waals surface area (Å²) in [6.45, 7) is 8.07. The van der Waals surface area contributed by atoms with Gasteiger partial charge < -0.3 is 30.5 Å². The summed E-state index contributed by atoms with van der Waals surface area (Å²) in [6, 6.07) is 3.60. The quantitative estimate of drug-likeness (QED) is 0.301. The average Bonchev–Trinajstić information content (AvgIpc) is 3.49. The summed E-state index contributed by atoms with van der Waals surface area (Å²) < 4.78 is 1.73. The number of likely N-dealkylation sites (N-methyl/N-ethyl adjacent to an activating group) is 1. The zero-order valence-electron chi connectivity index (χ0n) is 22.0. The molecular formula is C26H33N11O. The standard InChI is InChI=1S/C26H33N11O/c1-15(2)21(25-27-6-5-7-28-25)33-23-20(26(38)32-18-14-36(4)34-22(18)23)24-30-16-12-19(29-13-17(16)31-24)37-10-8-35(3)9-11-37/h5-7,12-15,21,26,32-33,38H,8-11H2,1-4H3,(H,30,31)/t21-,26?/m0/s1. The number of imidazole rings is 1. The lowest BCUT2D eigenvalue weighted by Crippen LogP contribution is -2.44. The van der Waals surface area contributed by atoms with Crippen molar-refractivity contribution in [2.45, 2.75) is 26.1 Å². The molecule has 38 heavy (non-hydrogen) atoms. The van der Waals surface area contributed by atoms with E-state index < -0.39 is 6.23 Å². The molecule has 1 saturated heterocycles. The largest absolute Gasteiger partial charge is 0.373 e. The van der Waals surface area contributed by atoms with Gasteiger partial charge in [-0.3, -0.25) is 4.68 Å². The monoisotopic (exact) mass is 515 g/mol. The molecule has 1 fully saturated rings. The molecule has 0 saturated carbocycles. The minimum atomic E-state index is -1.01. The van der Waals surface area contributed by atoms with E-state index in [2.05, 4.69) is 56.3 Å². The molecule has 4 aromatic heterocycles. The van der Waals surface area contributed by atoms with Crippen LogP contribution in [0.3, 0.4) is 0 Å². The van der Waals surface area contributed by atoms with E-state index in [9.17, 15) is 5.11 Å². The Kier molecular flexibility index (Phi) is 6.20. The van der Waals surface area contributed by atoms with E-state index in [1.165, 1.54) is 0 Å². The Morgan fingerprint density at radius 3 is 2.58 bits per heavy atom. The molecule has 6 rings (SSSR count). The lowest BCUT2D eigenvalue weighted by atomic mass is 9.99. The van der Waals surface area contributed by atoms with Crippen LogP contribution in [0.2, 0.25) is 0 Å². The van der Waals surface area contributed by atoms with Crippen LogP contribution in [0.4, 0.5) is 11.5 Å². The van der Waals surface area contributed by atoms with Crippen LogP contribution in [0.1, 0.15) is 37.2 Å². The number of aliphatic hydroxyl groups excluding tert-OH is 1. The molecule has 2 aliphatic heterocycles. The van der Waals surface area contributed by atoms with Crippen molar-refractivity contribution in [2.75, 3.05) is 43.4 Å². The van der Waals surface area contributed by atoms with Crippen LogP contribution in [-0.4, -0.2) is 84.2 Å². The lowest BCUT2D eigenvalue weighted by molar-refractivity contribution is 0.259. The van der Waals surface area contributed by atoms with Crippen LogP contribution in [0, 0.1) is 5.92 Å². The number of aliphatic hydroxyl groups is 1. The van der Waals surface area contributed by atoms with Crippen LogP contribution < -0.4 is 15.5 Å². The Balaban J connectivity index is 1.44. The highest BCUT2D eigenvalue weighted by Gasteiger charge is 2.33. The molecule has 4 N–H and O–H groups in total. The van der Waals surface area contributed by atoms with Crippen molar-refractivity contribution < 1.29 is 5.11 Å². The van der Waals surface area contributed by atoms with Gasteiger partial charge in [0.1, 0.15) is 17.3 Å². The van der Waals surface area contributed by atoms with Gasteiger partial charge >= 0.3 is 0 Å². The van der Waals surface area contributed by atoms with E-state index in [1.807, 2.05) is 25.5 Å². The second-order valence-electron chi connectivity index (χ2n) is 10.3. The molecule has 4 aromatic rings. The van der Waals surface area contributed by atoms with Crippen LogP contribution in [0.5, 0.6) is 0 Å². The van der Waals surface area contributed by atoms with Crippen LogP contribution in [0.25, 0.3) is 22.3 Å². The van der Waals surface area contributed by atoms with Crippen molar-refractivity contribution in [1.82, 2.24) is 44.9 Å². The molecule has 12 nitrogen and oxygen atoms in total. The maximum atomic E-state index is 11.3. The predicted octanol–water partition coefficient (Wildman–Crippen LogP) is 1.83. The number of hydrogen-bond acceptors (Lipinski definition) is 10. The average molecular weight is 516 g/mol. The van der Waals surface area contributed by atoms with Gasteiger partial charge in [0.15, 0.2) is 12.1 Å². The summed E-state index contributed by atoms with van der Waals surface area (Å²) in [6.07, 6.45) is 6.14. The number of fused-ring (bicyclic) bond motifs is 2. The Labute approximate surface area is 220 Å². The number of aromatic nitrogens is 7. The van der Waals surface area contributed by atoms with Gasteiger partial charge in [-0.15, -0.1) is 0 Å². The number of hydrogen-bond donors (Lipinski definition) is 4. The summed E-state index contributed by atoms with van der Waals surface area (Å²) in [4.78, 5) is 26.6. The molecule has 2 atom stereocenters. The summed E-state index contributed by atoms with van der Waals surface area (Å²) in [5.41, 5.74) is 4.29. The minimum absolute atomic E-state index is 0.163. The highest BCUT2D eigenvalue weighted by molar-refractivity contribution is 5.97. The molecule has 1 unspecified atom stereocenters. The van der Waals surface area contributed by atoms with Crippen molar-refractivity contribution in [2.24, 2.45) is 13.0 Å². The number of aryl methyl sites for hydroxylation is 1. The smallest absolute Gasteiger partial charge is 0.156 e. The van der Waals surface area contributed by atoms with Gasteiger partial charge in [0.2, 0.25) is 0 Å². The van der Waals surface area contributed by atoms with Gasteiger partial charge in [0.05, 0.1) is 40.2 Å². The van der Waals surface area contributed by atoms with E-state index in [1.54, 1.807) is 23.1 Å². The van der Waals surface area contributed by atoms with Crippen molar-refractivity contribution in [3.63, 3.8) is 0 Å². The molecule has 0 bridgehead atoms. The number of nitrogens with zero attached hydrogens (tertiary/aromatic N) is 8. The topological polar surface area (TPSA) is 136 Å². The third kappa shape index (κ3) is 4.45. The first-order valence-corrected chi connectivity index (χ1v) is 12.9. The van der Waals surface area contributed by atoms with E-state index in [0.717, 1.165) is 48.7 Å². The van der Waals surface area contributed by atoms with Crippen LogP contribution in [-0.2, 0) is 7.05 Å². The molecule has 0 radical (unpaired) electrons. The maximum Gasteiger partial charge on any atom is 0.156 e. The van der Waals surface area contributed by atoms with Crippen molar-refractivity contribution in [1.29, 1.82) is 0 Å². The van der Waals surface area contributed by atoms with Gasteiger partial charge in [0, 0.05) is 57.9 Å². The van der Waals surface area contributed by atoms with Gasteiger partial charge in [-0.2, -0.15) is 5.10 Å². The van der Waals surface area contributed by atoms with Crippen molar-refractivity contribution in [3.05, 3.63) is 54.3 Å². The SMILES string of the molecule is CC(C)[C@H](NC1=C(c2nc3cc(N4CCN(C)CC4)ncc3[nH]2)C(O)Nc2cn(C)nc21)c1ncccn1. The summed E-state index contributed by atoms with van der Waals surface area (Å²) >= 11 is 0. The fourth-order valence-corrected chi connectivity index (χ4v) is 5.05. The molecule has 0 aromatic carbocycles. The predicted molar refractivity (Wildman–Crippen MR) is 146 cm³/mol. The fourth-order valence-electron chi connectivity index (χ4n) is 5.05. The molecule has 2 aliphatic rings. The molecule has 198 valence electrons. The maximum absolute atomic E-state index is 11.3. The van der Waals surface area contributed by atoms with E-state index in [-0.39, 0.29) is 12.0 Å². The summed E-state index contributed by atoms with van der Waals surface area (Å²) in [5.74, 6) is 2.29. The molecular weight excluding hydrogens is 482 g/mol. The second-order valence-corrected chi connectivity index (χ2v) is 10.3. The number of nitrogens with one attached hydrogen (secondary N) is 3. The highest BCUT2D eigenvalue weighted by Crippen LogP contribution is 2.37. The number of rotatable bonds is 6. The van der Waals surface area contributed by atoms with E-state index in [0.29, 0.717) is 28.6 Å². The van der Waals surface area contributed by atoms with Gasteiger partial charge in [-0.25, -0.2) is 19.9 Å². The van der Waals surface area contributed by atoms with Gasteiger partial charge in [0.25, 0.3) is 0 Å². The second kappa shape index (κ2) is 9.69. The first kappa shape index (κ1) is 24.3. The van der Waals surface area contributed by atoms with E-state index >= 15 is 0 Å². The number of H-pyrrole nitrogens is 1. The Morgan fingerprint density at radius 2 is 1.84 bits per heavy atom. The summed E-state index contributed by atoms with van der Waals surface area (Å²) in [7, 11) is 3.99. The fraction of sp³-hybridized carbons (Fsp3) is 0.423. The molecule has 0 aliphatic carbocycles. The molecule has 0 amide bonds. The third-order valence-corrected chi connectivity index (χ3v) is 7.17. The molecule has 0 spiro atoms. The first-order valence-electron chi connectivity index (χ1n) is 12.9. The first-order chi connectivity index (χ1) is 18.4. The highest BCUT2D eigenvalue weighted by atomic mass is 16.3. The zero-order valence-corrected chi connectivity index (χ0v) is 22.0. The number of aromatic amines is 1. The zero-order chi connectivity index (χ0) is 26.4. The Morgan fingerprint density at radius 1 is 1.08 bits per heavy atom. The van der Waals surface area contributed by atoms with Crippen molar-refractivity contribution >= 4 is 33.8 Å². The third-order valence-electron chi connectivity index (χ3n) is 7.17. The van der Waals surface area contributed by atoms with Crippen molar-refractivity contribution in [3.8, 4) is 0 Å². The van der Waals surface area contributed by atoms with Crippen LogP contribution in [0.15, 0.2) is 36.9 Å². The minimum Gasteiger partial charge on any atom is -0.373 e. The Hall–Kier alpha value is -4.03. The lowest BCUT2D eigenvalue weighted by Gasteiger charge is -2.33. The van der Waals surface area contributed by atoms with E-state index in [4.69, 9.17) is 15.1 Å². The van der Waals surface area contributed by atoms with Gasteiger partial charge in [-0.1, -0.05) is 13.8 Å².